The number of carbonyl (C=O) groups excluding carboxylic acids is 1. The highest BCUT2D eigenvalue weighted by molar-refractivity contribution is 5.37. The number of hydrogen-bond donors (Lipinski definition) is 0. The lowest BCUT2D eigenvalue weighted by atomic mass is 10.00. The van der Waals surface area contributed by atoms with Gasteiger partial charge in [-0.15, -0.1) is 0 Å². The fourth-order valence-electron chi connectivity index (χ4n) is 1.53. The van der Waals surface area contributed by atoms with Gasteiger partial charge >= 0.3 is 0 Å². The van der Waals surface area contributed by atoms with E-state index >= 15 is 0 Å². The smallest absolute Gasteiger partial charge is 0.211 e. The number of hydrogen-bond acceptors (Lipinski definition) is 2. The van der Waals surface area contributed by atoms with Gasteiger partial charge in [-0.2, -0.15) is 0 Å². The van der Waals surface area contributed by atoms with Crippen molar-refractivity contribution in [2.24, 2.45) is 4.99 Å². The monoisotopic (exact) mass is 175 g/mol. The van der Waals surface area contributed by atoms with Crippen LogP contribution in [0.5, 0.6) is 0 Å². The molecule has 0 spiro atoms. The maximum Gasteiger partial charge on any atom is 0.235 e. The van der Waals surface area contributed by atoms with Crippen LogP contribution in [0.15, 0.2) is 23.2 Å². The predicted octanol–water partition coefficient (Wildman–Crippen LogP) is 2.39. The largest absolute Gasteiger partial charge is 0.235 e. The minimum atomic E-state index is 0.453. The van der Waals surface area contributed by atoms with Crippen molar-refractivity contribution < 1.29 is 4.79 Å². The first kappa shape index (κ1) is 9.69. The van der Waals surface area contributed by atoms with Gasteiger partial charge < -0.3 is 0 Å². The standard InChI is InChI=1S/C11H13NO/c1-3-11-9(2)5-4-6-10(11)7-12-8-13/h4-6H,3,7H2,1-2H3. The molecule has 1 aromatic carbocycles. The molecule has 68 valence electrons. The van der Waals surface area contributed by atoms with Crippen LogP contribution in [-0.2, 0) is 17.8 Å². The Balaban J connectivity index is 3.04. The summed E-state index contributed by atoms with van der Waals surface area (Å²) >= 11 is 0. The Bertz CT molecular complexity index is 338. The van der Waals surface area contributed by atoms with Crippen LogP contribution >= 0.6 is 0 Å². The van der Waals surface area contributed by atoms with Gasteiger partial charge in [-0.05, 0) is 30.0 Å². The van der Waals surface area contributed by atoms with E-state index in [-0.39, 0.29) is 0 Å². The second-order valence-electron chi connectivity index (χ2n) is 2.97. The summed E-state index contributed by atoms with van der Waals surface area (Å²) in [7, 11) is 0. The summed E-state index contributed by atoms with van der Waals surface area (Å²) in [6, 6.07) is 6.07. The molecule has 0 fully saturated rings. The van der Waals surface area contributed by atoms with Crippen molar-refractivity contribution in [1.82, 2.24) is 0 Å². The Morgan fingerprint density at radius 3 is 2.85 bits per heavy atom. The van der Waals surface area contributed by atoms with Gasteiger partial charge in [0.05, 0.1) is 6.54 Å². The van der Waals surface area contributed by atoms with E-state index in [0.717, 1.165) is 12.0 Å². The van der Waals surface area contributed by atoms with E-state index in [9.17, 15) is 4.79 Å². The molecule has 2 nitrogen and oxygen atoms in total. The second kappa shape index (κ2) is 4.58. The molecule has 0 bridgehead atoms. The summed E-state index contributed by atoms with van der Waals surface area (Å²) in [5.41, 5.74) is 3.69. The molecule has 0 aliphatic carbocycles. The fraction of sp³-hybridized carbons (Fsp3) is 0.364. The molecule has 0 heterocycles. The van der Waals surface area contributed by atoms with Gasteiger partial charge in [0.2, 0.25) is 6.08 Å². The van der Waals surface area contributed by atoms with Crippen molar-refractivity contribution in [3.63, 3.8) is 0 Å². The van der Waals surface area contributed by atoms with E-state index in [0.29, 0.717) is 6.54 Å². The van der Waals surface area contributed by atoms with E-state index in [4.69, 9.17) is 0 Å². The molecule has 0 radical (unpaired) electrons. The van der Waals surface area contributed by atoms with Gasteiger partial charge in [-0.3, -0.25) is 0 Å². The van der Waals surface area contributed by atoms with Crippen LogP contribution in [0, 0.1) is 6.92 Å². The third-order valence-corrected chi connectivity index (χ3v) is 2.17. The van der Waals surface area contributed by atoms with E-state index in [1.165, 1.54) is 11.1 Å². The van der Waals surface area contributed by atoms with Crippen LogP contribution in [0.4, 0.5) is 0 Å². The number of aliphatic imine (C=N–C) groups is 1. The van der Waals surface area contributed by atoms with E-state index in [2.05, 4.69) is 24.9 Å². The predicted molar refractivity (Wildman–Crippen MR) is 52.4 cm³/mol. The molecule has 0 saturated heterocycles. The van der Waals surface area contributed by atoms with Crippen molar-refractivity contribution in [2.75, 3.05) is 0 Å². The summed E-state index contributed by atoms with van der Waals surface area (Å²) in [6.45, 7) is 4.64. The maximum absolute atomic E-state index is 9.97. The zero-order valence-electron chi connectivity index (χ0n) is 8.00. The molecule has 0 amide bonds. The van der Waals surface area contributed by atoms with Crippen molar-refractivity contribution in [2.45, 2.75) is 26.8 Å². The molecule has 1 rings (SSSR count). The maximum atomic E-state index is 9.97. The van der Waals surface area contributed by atoms with Crippen LogP contribution < -0.4 is 0 Å². The van der Waals surface area contributed by atoms with Crippen LogP contribution in [0.1, 0.15) is 23.6 Å². The minimum Gasteiger partial charge on any atom is -0.211 e. The topological polar surface area (TPSA) is 29.4 Å². The summed E-state index contributed by atoms with van der Waals surface area (Å²) in [6.07, 6.45) is 2.54. The lowest BCUT2D eigenvalue weighted by Gasteiger charge is -2.07. The van der Waals surface area contributed by atoms with Crippen LogP contribution in [0.2, 0.25) is 0 Å². The highest BCUT2D eigenvalue weighted by Crippen LogP contribution is 2.15. The average Bonchev–Trinajstić information content (AvgIpc) is 2.15. The fourth-order valence-corrected chi connectivity index (χ4v) is 1.53. The molecular weight excluding hydrogens is 162 g/mol. The van der Waals surface area contributed by atoms with Crippen LogP contribution in [-0.4, -0.2) is 6.08 Å². The molecule has 1 aromatic rings. The van der Waals surface area contributed by atoms with E-state index < -0.39 is 0 Å². The zero-order chi connectivity index (χ0) is 9.68. The first-order chi connectivity index (χ1) is 6.29. The molecule has 0 saturated carbocycles. The summed E-state index contributed by atoms with van der Waals surface area (Å²) < 4.78 is 0. The molecule has 0 unspecified atom stereocenters. The van der Waals surface area contributed by atoms with Gasteiger partial charge in [0.25, 0.3) is 0 Å². The van der Waals surface area contributed by atoms with Gasteiger partial charge in [0, 0.05) is 0 Å². The quantitative estimate of drug-likeness (QED) is 0.512. The highest BCUT2D eigenvalue weighted by Gasteiger charge is 2.01. The lowest BCUT2D eigenvalue weighted by Crippen LogP contribution is -1.94. The molecule has 13 heavy (non-hydrogen) atoms. The molecule has 0 N–H and O–H groups in total. The van der Waals surface area contributed by atoms with Crippen molar-refractivity contribution in [3.8, 4) is 0 Å². The first-order valence-electron chi connectivity index (χ1n) is 4.40. The Hall–Kier alpha value is -1.40. The molecule has 0 aliphatic heterocycles. The Morgan fingerprint density at radius 2 is 2.23 bits per heavy atom. The summed E-state index contributed by atoms with van der Waals surface area (Å²) in [5.74, 6) is 0. The van der Waals surface area contributed by atoms with Crippen LogP contribution in [0.25, 0.3) is 0 Å². The van der Waals surface area contributed by atoms with E-state index in [1.54, 1.807) is 6.08 Å². The average molecular weight is 175 g/mol. The first-order valence-corrected chi connectivity index (χ1v) is 4.40. The zero-order valence-corrected chi connectivity index (χ0v) is 8.00. The molecule has 0 aliphatic rings. The Morgan fingerprint density at radius 1 is 1.46 bits per heavy atom. The van der Waals surface area contributed by atoms with Crippen molar-refractivity contribution >= 4 is 6.08 Å². The minimum absolute atomic E-state index is 0.453. The molecule has 0 aromatic heterocycles. The Kier molecular flexibility index (Phi) is 3.41. The summed E-state index contributed by atoms with van der Waals surface area (Å²) in [5, 5.41) is 0. The molecule has 2 heteroatoms. The number of benzene rings is 1. The number of isocyanates is 1. The Labute approximate surface area is 78.3 Å². The number of aryl methyl sites for hydroxylation is 1. The second-order valence-corrected chi connectivity index (χ2v) is 2.97. The van der Waals surface area contributed by atoms with E-state index in [1.807, 2.05) is 12.1 Å². The lowest BCUT2D eigenvalue weighted by molar-refractivity contribution is 0.562. The van der Waals surface area contributed by atoms with Gasteiger partial charge in [-0.25, -0.2) is 9.79 Å². The van der Waals surface area contributed by atoms with Crippen molar-refractivity contribution in [1.29, 1.82) is 0 Å². The normalized spacial score (nSPS) is 9.38. The SMILES string of the molecule is CCc1c(C)cccc1CN=C=O. The third kappa shape index (κ3) is 2.27. The van der Waals surface area contributed by atoms with Gasteiger partial charge in [-0.1, -0.05) is 25.1 Å². The third-order valence-electron chi connectivity index (χ3n) is 2.17. The van der Waals surface area contributed by atoms with Crippen molar-refractivity contribution in [3.05, 3.63) is 34.9 Å². The van der Waals surface area contributed by atoms with Gasteiger partial charge in [0.1, 0.15) is 0 Å². The highest BCUT2D eigenvalue weighted by atomic mass is 16.1. The summed E-state index contributed by atoms with van der Waals surface area (Å²) in [4.78, 5) is 13.6. The number of rotatable bonds is 3. The number of nitrogens with zero attached hydrogens (tertiary/aromatic N) is 1. The molecular formula is C11H13NO. The van der Waals surface area contributed by atoms with Gasteiger partial charge in [0.15, 0.2) is 0 Å². The van der Waals surface area contributed by atoms with Crippen LogP contribution in [0.3, 0.4) is 0 Å². The molecule has 0 atom stereocenters.